The molecule has 2 fully saturated rings. The molecule has 0 amide bonds. The van der Waals surface area contributed by atoms with E-state index < -0.39 is 0 Å². The maximum atomic E-state index is 12.6. The summed E-state index contributed by atoms with van der Waals surface area (Å²) in [4.78, 5) is 12.6. The molecule has 0 aromatic heterocycles. The van der Waals surface area contributed by atoms with Crippen molar-refractivity contribution in [3.63, 3.8) is 0 Å². The molecule has 6 atom stereocenters. The molecule has 148 valence electrons. The lowest BCUT2D eigenvalue weighted by atomic mass is 9.62. The molecule has 0 saturated heterocycles. The minimum Gasteiger partial charge on any atom is -0.458 e. The molecule has 0 bridgehead atoms. The van der Waals surface area contributed by atoms with Crippen LogP contribution < -0.4 is 0 Å². The third kappa shape index (κ3) is 4.45. The van der Waals surface area contributed by atoms with E-state index in [9.17, 15) is 9.90 Å². The molecular weight excluding hydrogens is 336 g/mol. The van der Waals surface area contributed by atoms with E-state index in [-0.39, 0.29) is 23.6 Å². The molecular formula is C24H34O3. The zero-order valence-electron chi connectivity index (χ0n) is 16.9. The van der Waals surface area contributed by atoms with Gasteiger partial charge in [0.2, 0.25) is 0 Å². The van der Waals surface area contributed by atoms with Crippen LogP contribution >= 0.6 is 0 Å². The Kier molecular flexibility index (Phi) is 6.41. The molecule has 2 aliphatic rings. The molecule has 3 heteroatoms. The van der Waals surface area contributed by atoms with E-state index in [1.54, 1.807) is 0 Å². The Morgan fingerprint density at radius 3 is 2.70 bits per heavy atom. The third-order valence-corrected chi connectivity index (χ3v) is 6.96. The number of ether oxygens (including phenoxy) is 1. The second-order valence-electron chi connectivity index (χ2n) is 8.87. The second-order valence-corrected chi connectivity index (χ2v) is 8.87. The van der Waals surface area contributed by atoms with Gasteiger partial charge in [-0.25, -0.2) is 4.79 Å². The highest BCUT2D eigenvalue weighted by molar-refractivity contribution is 5.89. The normalized spacial score (nSPS) is 32.8. The highest BCUT2D eigenvalue weighted by Crippen LogP contribution is 2.58. The van der Waals surface area contributed by atoms with Crippen LogP contribution in [-0.2, 0) is 4.74 Å². The summed E-state index contributed by atoms with van der Waals surface area (Å²) in [5.41, 5.74) is 0.878. The first-order valence-electron chi connectivity index (χ1n) is 10.5. The predicted octanol–water partition coefficient (Wildman–Crippen LogP) is 5.39. The topological polar surface area (TPSA) is 46.5 Å². The van der Waals surface area contributed by atoms with Crippen LogP contribution in [0.1, 0.15) is 69.7 Å². The quantitative estimate of drug-likeness (QED) is 0.539. The zero-order valence-corrected chi connectivity index (χ0v) is 16.9. The van der Waals surface area contributed by atoms with Crippen LogP contribution in [0.4, 0.5) is 0 Å². The number of aliphatic hydroxyl groups is 1. The Bertz CT molecular complexity index is 651. The Labute approximate surface area is 163 Å². The minimum absolute atomic E-state index is 0.0371. The molecule has 3 rings (SSSR count). The second kappa shape index (κ2) is 8.60. The maximum absolute atomic E-state index is 12.6. The summed E-state index contributed by atoms with van der Waals surface area (Å²) in [6.45, 7) is 6.54. The number of esters is 1. The van der Waals surface area contributed by atoms with Crippen molar-refractivity contribution in [2.45, 2.75) is 71.5 Å². The minimum atomic E-state index is -0.281. The van der Waals surface area contributed by atoms with Crippen LogP contribution in [0.2, 0.25) is 0 Å². The van der Waals surface area contributed by atoms with Gasteiger partial charge in [0.05, 0.1) is 11.7 Å². The van der Waals surface area contributed by atoms with Gasteiger partial charge in [-0.2, -0.15) is 0 Å². The van der Waals surface area contributed by atoms with Gasteiger partial charge in [0, 0.05) is 5.92 Å². The fourth-order valence-corrected chi connectivity index (χ4v) is 5.57. The van der Waals surface area contributed by atoms with Gasteiger partial charge in [0.1, 0.15) is 6.10 Å². The van der Waals surface area contributed by atoms with Crippen LogP contribution in [0, 0.1) is 23.2 Å². The summed E-state index contributed by atoms with van der Waals surface area (Å²) in [7, 11) is 0. The van der Waals surface area contributed by atoms with E-state index in [0.29, 0.717) is 29.7 Å². The molecule has 1 aromatic rings. The zero-order chi connectivity index (χ0) is 19.4. The van der Waals surface area contributed by atoms with Gasteiger partial charge in [-0.1, -0.05) is 44.2 Å². The predicted molar refractivity (Wildman–Crippen MR) is 108 cm³/mol. The molecule has 1 N–H and O–H groups in total. The number of carbonyl (C=O) groups is 1. The van der Waals surface area contributed by atoms with E-state index in [4.69, 9.17) is 4.74 Å². The van der Waals surface area contributed by atoms with E-state index in [2.05, 4.69) is 26.0 Å². The number of benzene rings is 1. The highest BCUT2D eigenvalue weighted by atomic mass is 16.5. The van der Waals surface area contributed by atoms with Crippen molar-refractivity contribution in [1.29, 1.82) is 0 Å². The molecule has 2 saturated carbocycles. The Hall–Kier alpha value is -1.61. The van der Waals surface area contributed by atoms with Crippen LogP contribution in [0.25, 0.3) is 0 Å². The van der Waals surface area contributed by atoms with Crippen molar-refractivity contribution in [2.75, 3.05) is 0 Å². The van der Waals surface area contributed by atoms with Crippen LogP contribution in [0.15, 0.2) is 42.5 Å². The molecule has 0 spiro atoms. The molecule has 1 aromatic carbocycles. The average molecular weight is 371 g/mol. The lowest BCUT2D eigenvalue weighted by Gasteiger charge is -2.45. The Balaban J connectivity index is 1.68. The van der Waals surface area contributed by atoms with Gasteiger partial charge in [0.15, 0.2) is 0 Å². The fourth-order valence-electron chi connectivity index (χ4n) is 5.57. The number of hydrogen-bond donors (Lipinski definition) is 1. The molecule has 1 unspecified atom stereocenters. The monoisotopic (exact) mass is 370 g/mol. The van der Waals surface area contributed by atoms with Crippen LogP contribution in [0.5, 0.6) is 0 Å². The summed E-state index contributed by atoms with van der Waals surface area (Å²) >= 11 is 0. The lowest BCUT2D eigenvalue weighted by molar-refractivity contribution is -0.0444. The molecule has 0 heterocycles. The number of rotatable bonds is 6. The first kappa shape index (κ1) is 20.1. The van der Waals surface area contributed by atoms with Crippen molar-refractivity contribution in [3.05, 3.63) is 48.0 Å². The average Bonchev–Trinajstić information content (AvgIpc) is 3.00. The van der Waals surface area contributed by atoms with Crippen molar-refractivity contribution in [1.82, 2.24) is 0 Å². The van der Waals surface area contributed by atoms with Crippen LogP contribution in [-0.4, -0.2) is 23.3 Å². The number of aliphatic hydroxyl groups excluding tert-OH is 1. The molecule has 3 nitrogen and oxygen atoms in total. The summed E-state index contributed by atoms with van der Waals surface area (Å²) in [5.74, 6) is 1.38. The standard InChI is InChI=1S/C24H34O3/c1-17(9-7-10-18(2)25)20-14-15-21-22(13-8-16-24(20,21)3)27-23(26)19-11-5-4-6-12-19/h4-7,9,11-12,17-18,20-22,25H,8,10,13-16H2,1-3H3/b9-7+/t17-,18-,20+,21-,22?,24+/m0/s1. The van der Waals surface area contributed by atoms with Gasteiger partial charge in [-0.15, -0.1) is 0 Å². The first-order chi connectivity index (χ1) is 12.9. The Morgan fingerprint density at radius 2 is 2.00 bits per heavy atom. The SMILES string of the molecule is C[C@H](O)C/C=C/[C@H](C)[C@H]1CC[C@H]2C(OC(=O)c3ccccc3)CCC[C@]12C. The van der Waals surface area contributed by atoms with Crippen molar-refractivity contribution >= 4 is 5.97 Å². The fraction of sp³-hybridized carbons (Fsp3) is 0.625. The van der Waals surface area contributed by atoms with Gasteiger partial charge in [-0.05, 0) is 74.8 Å². The van der Waals surface area contributed by atoms with E-state index in [1.807, 2.05) is 37.3 Å². The smallest absolute Gasteiger partial charge is 0.338 e. The maximum Gasteiger partial charge on any atom is 0.338 e. The summed E-state index contributed by atoms with van der Waals surface area (Å²) < 4.78 is 6.01. The number of hydrogen-bond acceptors (Lipinski definition) is 3. The van der Waals surface area contributed by atoms with E-state index in [1.165, 1.54) is 12.8 Å². The van der Waals surface area contributed by atoms with Gasteiger partial charge in [-0.3, -0.25) is 0 Å². The van der Waals surface area contributed by atoms with Gasteiger partial charge >= 0.3 is 5.97 Å². The lowest BCUT2D eigenvalue weighted by Crippen LogP contribution is -2.43. The molecule has 0 aliphatic heterocycles. The molecule has 27 heavy (non-hydrogen) atoms. The summed E-state index contributed by atoms with van der Waals surface area (Å²) in [5, 5.41) is 9.48. The summed E-state index contributed by atoms with van der Waals surface area (Å²) in [6.07, 6.45) is 10.5. The number of carbonyl (C=O) groups excluding carboxylic acids is 1. The molecule has 2 aliphatic carbocycles. The van der Waals surface area contributed by atoms with Gasteiger partial charge in [0.25, 0.3) is 0 Å². The largest absolute Gasteiger partial charge is 0.458 e. The van der Waals surface area contributed by atoms with Crippen LogP contribution in [0.3, 0.4) is 0 Å². The summed E-state index contributed by atoms with van der Waals surface area (Å²) in [6, 6.07) is 9.35. The van der Waals surface area contributed by atoms with E-state index in [0.717, 1.165) is 19.3 Å². The van der Waals surface area contributed by atoms with E-state index >= 15 is 0 Å². The number of fused-ring (bicyclic) bond motifs is 1. The third-order valence-electron chi connectivity index (χ3n) is 6.96. The van der Waals surface area contributed by atoms with Gasteiger partial charge < -0.3 is 9.84 Å². The Morgan fingerprint density at radius 1 is 1.26 bits per heavy atom. The highest BCUT2D eigenvalue weighted by Gasteiger charge is 2.53. The van der Waals surface area contributed by atoms with Crippen molar-refractivity contribution in [3.8, 4) is 0 Å². The van der Waals surface area contributed by atoms with Crippen molar-refractivity contribution in [2.24, 2.45) is 23.2 Å². The molecule has 0 radical (unpaired) electrons. The number of allylic oxidation sites excluding steroid dienone is 1. The van der Waals surface area contributed by atoms with Crippen molar-refractivity contribution < 1.29 is 14.6 Å². The first-order valence-corrected chi connectivity index (χ1v) is 10.5.